The summed E-state index contributed by atoms with van der Waals surface area (Å²) in [6.07, 6.45) is 1.92. The number of nitrogens with one attached hydrogen (secondary N) is 1. The first-order valence-electron chi connectivity index (χ1n) is 5.82. The van der Waals surface area contributed by atoms with Crippen molar-refractivity contribution in [2.24, 2.45) is 0 Å². The van der Waals surface area contributed by atoms with Gasteiger partial charge in [-0.2, -0.15) is 5.10 Å². The molecule has 0 saturated heterocycles. The van der Waals surface area contributed by atoms with Crippen molar-refractivity contribution in [1.82, 2.24) is 9.78 Å². The summed E-state index contributed by atoms with van der Waals surface area (Å²) in [4.78, 5) is 22.4. The van der Waals surface area contributed by atoms with Crippen molar-refractivity contribution >= 4 is 21.7 Å². The number of benzene rings is 1. The van der Waals surface area contributed by atoms with Gasteiger partial charge in [0.15, 0.2) is 5.75 Å². The van der Waals surface area contributed by atoms with Crippen molar-refractivity contribution in [3.05, 3.63) is 46.4 Å². The van der Waals surface area contributed by atoms with Gasteiger partial charge in [-0.15, -0.1) is 0 Å². The number of hydrogen-bond donors (Lipinski definition) is 3. The maximum absolute atomic E-state index is 11.4. The maximum Gasteiger partial charge on any atom is 0.360 e. The fourth-order valence-corrected chi connectivity index (χ4v) is 2.23. The van der Waals surface area contributed by atoms with Crippen LogP contribution < -0.4 is 10.2 Å². The molecule has 2 rings (SSSR count). The van der Waals surface area contributed by atoms with E-state index in [0.717, 1.165) is 17.1 Å². The molecule has 116 valence electrons. The van der Waals surface area contributed by atoms with E-state index in [-0.39, 0.29) is 11.4 Å². The molecule has 1 aromatic carbocycles. The van der Waals surface area contributed by atoms with Gasteiger partial charge in [0, 0.05) is 0 Å². The van der Waals surface area contributed by atoms with E-state index >= 15 is 0 Å². The molecule has 9 nitrogen and oxygen atoms in total. The Labute approximate surface area is 124 Å². The highest BCUT2D eigenvalue weighted by Gasteiger charge is 2.16. The molecule has 0 saturated carbocycles. The van der Waals surface area contributed by atoms with Gasteiger partial charge >= 0.3 is 5.97 Å². The lowest BCUT2D eigenvalue weighted by molar-refractivity contribution is 0.0686. The first kappa shape index (κ1) is 15.5. The number of sulfonamides is 1. The highest BCUT2D eigenvalue weighted by molar-refractivity contribution is 7.92. The molecule has 10 heteroatoms. The van der Waals surface area contributed by atoms with Gasteiger partial charge < -0.3 is 10.2 Å². The zero-order chi connectivity index (χ0) is 16.5. The SMILES string of the molecule is CS(=O)(=O)Nc1cccc(-n2cc(O)c(=O)c(C(=O)O)n2)c1. The summed E-state index contributed by atoms with van der Waals surface area (Å²) in [7, 11) is -3.49. The summed E-state index contributed by atoms with van der Waals surface area (Å²) in [6, 6.07) is 5.84. The van der Waals surface area contributed by atoms with E-state index in [1.807, 2.05) is 0 Å². The zero-order valence-electron chi connectivity index (χ0n) is 11.2. The molecule has 0 fully saturated rings. The third kappa shape index (κ3) is 3.41. The van der Waals surface area contributed by atoms with E-state index < -0.39 is 32.9 Å². The molecule has 0 spiro atoms. The monoisotopic (exact) mass is 325 g/mol. The molecule has 0 amide bonds. The fraction of sp³-hybridized carbons (Fsp3) is 0.0833. The van der Waals surface area contributed by atoms with Crippen LogP contribution in [0.3, 0.4) is 0 Å². The molecule has 22 heavy (non-hydrogen) atoms. The van der Waals surface area contributed by atoms with Crippen LogP contribution in [0.1, 0.15) is 10.5 Å². The second-order valence-electron chi connectivity index (χ2n) is 4.37. The molecule has 0 radical (unpaired) electrons. The average Bonchev–Trinajstić information content (AvgIpc) is 2.39. The van der Waals surface area contributed by atoms with Crippen molar-refractivity contribution in [3.63, 3.8) is 0 Å². The van der Waals surface area contributed by atoms with Gasteiger partial charge in [-0.1, -0.05) is 6.07 Å². The zero-order valence-corrected chi connectivity index (χ0v) is 12.0. The minimum absolute atomic E-state index is 0.219. The summed E-state index contributed by atoms with van der Waals surface area (Å²) in [5.41, 5.74) is -1.47. The molecule has 0 atom stereocenters. The van der Waals surface area contributed by atoms with E-state index in [0.29, 0.717) is 0 Å². The number of hydrogen-bond acceptors (Lipinski definition) is 6. The molecular weight excluding hydrogens is 314 g/mol. The van der Waals surface area contributed by atoms with Crippen LogP contribution in [-0.2, 0) is 10.0 Å². The van der Waals surface area contributed by atoms with Crippen LogP contribution in [0.15, 0.2) is 35.3 Å². The second kappa shape index (κ2) is 5.48. The minimum Gasteiger partial charge on any atom is -0.503 e. The Kier molecular flexibility index (Phi) is 3.87. The number of rotatable bonds is 4. The predicted octanol–water partition coefficient (Wildman–Crippen LogP) is 0.00780. The Morgan fingerprint density at radius 2 is 2.05 bits per heavy atom. The van der Waals surface area contributed by atoms with E-state index in [2.05, 4.69) is 9.82 Å². The average molecular weight is 325 g/mol. The topological polar surface area (TPSA) is 139 Å². The van der Waals surface area contributed by atoms with Crippen LogP contribution in [0.25, 0.3) is 5.69 Å². The third-order valence-electron chi connectivity index (χ3n) is 2.52. The Hall–Kier alpha value is -2.88. The number of carboxylic acids is 1. The molecule has 0 aliphatic carbocycles. The van der Waals surface area contributed by atoms with Crippen molar-refractivity contribution in [2.75, 3.05) is 11.0 Å². The standard InChI is InChI=1S/C12H11N3O6S/c1-22(20,21)14-7-3-2-4-8(5-7)15-6-9(16)11(17)10(13-15)12(18)19/h2-6,14,16H,1H3,(H,18,19). The van der Waals surface area contributed by atoms with Crippen LogP contribution in [0.5, 0.6) is 5.75 Å². The van der Waals surface area contributed by atoms with Gasteiger partial charge in [0.2, 0.25) is 15.7 Å². The Morgan fingerprint density at radius 3 is 2.64 bits per heavy atom. The van der Waals surface area contributed by atoms with Crippen LogP contribution in [-0.4, -0.2) is 40.6 Å². The number of aromatic hydroxyl groups is 1. The molecule has 3 N–H and O–H groups in total. The predicted molar refractivity (Wildman–Crippen MR) is 76.9 cm³/mol. The van der Waals surface area contributed by atoms with E-state index in [4.69, 9.17) is 5.11 Å². The molecule has 1 aromatic heterocycles. The summed E-state index contributed by atoms with van der Waals surface area (Å²) in [5.74, 6) is -2.37. The number of aromatic carboxylic acids is 1. The number of carbonyl (C=O) groups is 1. The van der Waals surface area contributed by atoms with Gasteiger partial charge in [-0.05, 0) is 18.2 Å². The van der Waals surface area contributed by atoms with Crippen molar-refractivity contribution in [2.45, 2.75) is 0 Å². The van der Waals surface area contributed by atoms with Gasteiger partial charge in [0.25, 0.3) is 5.43 Å². The highest BCUT2D eigenvalue weighted by atomic mass is 32.2. The lowest BCUT2D eigenvalue weighted by Crippen LogP contribution is -2.21. The normalized spacial score (nSPS) is 11.1. The summed E-state index contributed by atoms with van der Waals surface area (Å²) in [6.45, 7) is 0. The third-order valence-corrected chi connectivity index (χ3v) is 3.12. The Morgan fingerprint density at radius 1 is 1.36 bits per heavy atom. The molecular formula is C12H11N3O6S. The van der Waals surface area contributed by atoms with E-state index in [1.165, 1.54) is 24.3 Å². The largest absolute Gasteiger partial charge is 0.503 e. The van der Waals surface area contributed by atoms with Crippen molar-refractivity contribution in [1.29, 1.82) is 0 Å². The van der Waals surface area contributed by atoms with E-state index in [9.17, 15) is 23.1 Å². The number of aromatic nitrogens is 2. The fourth-order valence-electron chi connectivity index (χ4n) is 1.68. The van der Waals surface area contributed by atoms with Gasteiger partial charge in [0.05, 0.1) is 23.8 Å². The van der Waals surface area contributed by atoms with Crippen LogP contribution in [0, 0.1) is 0 Å². The van der Waals surface area contributed by atoms with E-state index in [1.54, 1.807) is 0 Å². The van der Waals surface area contributed by atoms with Crippen LogP contribution >= 0.6 is 0 Å². The first-order chi connectivity index (χ1) is 10.2. The molecule has 0 aliphatic rings. The van der Waals surface area contributed by atoms with Crippen molar-refractivity contribution < 1.29 is 23.4 Å². The summed E-state index contributed by atoms with van der Waals surface area (Å²) >= 11 is 0. The first-order valence-corrected chi connectivity index (χ1v) is 7.71. The smallest absolute Gasteiger partial charge is 0.360 e. The minimum atomic E-state index is -3.49. The maximum atomic E-state index is 11.4. The lowest BCUT2D eigenvalue weighted by Gasteiger charge is -2.09. The van der Waals surface area contributed by atoms with Crippen LogP contribution in [0.4, 0.5) is 5.69 Å². The van der Waals surface area contributed by atoms with Crippen LogP contribution in [0.2, 0.25) is 0 Å². The molecule has 0 unspecified atom stereocenters. The summed E-state index contributed by atoms with van der Waals surface area (Å²) in [5, 5.41) is 22.0. The molecule has 1 heterocycles. The second-order valence-corrected chi connectivity index (χ2v) is 6.11. The Bertz CT molecular complexity index is 903. The highest BCUT2D eigenvalue weighted by Crippen LogP contribution is 2.16. The van der Waals surface area contributed by atoms with Gasteiger partial charge in [0.1, 0.15) is 0 Å². The number of carboxylic acid groups (broad SMARTS) is 1. The van der Waals surface area contributed by atoms with Gasteiger partial charge in [-0.3, -0.25) is 9.52 Å². The number of nitrogens with zero attached hydrogens (tertiary/aromatic N) is 2. The van der Waals surface area contributed by atoms with Gasteiger partial charge in [-0.25, -0.2) is 17.9 Å². The molecule has 0 aliphatic heterocycles. The number of anilines is 1. The quantitative estimate of drug-likeness (QED) is 0.719. The van der Waals surface area contributed by atoms with Crippen molar-refractivity contribution in [3.8, 4) is 11.4 Å². The molecule has 2 aromatic rings. The molecule has 0 bridgehead atoms. The summed E-state index contributed by atoms with van der Waals surface area (Å²) < 4.78 is 25.6. The lowest BCUT2D eigenvalue weighted by atomic mass is 10.3. The Balaban J connectivity index is 2.55.